The Morgan fingerprint density at radius 2 is 1.74 bits per heavy atom. The SMILES string of the molecule is O=C(O)Cn1c(-c2ccccc2C(F)(F)F)c(Cl)nc(NCCc2ccccc2)c1=O. The monoisotopic (exact) mass is 451 g/mol. The number of alkyl halides is 3. The Morgan fingerprint density at radius 3 is 2.39 bits per heavy atom. The van der Waals surface area contributed by atoms with Crippen molar-refractivity contribution >= 4 is 23.4 Å². The zero-order chi connectivity index (χ0) is 22.6. The van der Waals surface area contributed by atoms with Crippen molar-refractivity contribution in [3.05, 3.63) is 81.2 Å². The minimum atomic E-state index is -4.74. The van der Waals surface area contributed by atoms with Crippen molar-refractivity contribution in [1.82, 2.24) is 9.55 Å². The second-order valence-electron chi connectivity index (χ2n) is 6.59. The van der Waals surface area contributed by atoms with Gasteiger partial charge >= 0.3 is 12.1 Å². The molecule has 0 aliphatic rings. The van der Waals surface area contributed by atoms with E-state index in [4.69, 9.17) is 11.6 Å². The summed E-state index contributed by atoms with van der Waals surface area (Å²) in [6, 6.07) is 13.8. The Bertz CT molecular complexity index is 1150. The largest absolute Gasteiger partial charge is 0.480 e. The molecule has 3 aromatic rings. The van der Waals surface area contributed by atoms with Gasteiger partial charge in [0, 0.05) is 12.1 Å². The highest BCUT2D eigenvalue weighted by Gasteiger charge is 2.35. The molecule has 0 saturated carbocycles. The van der Waals surface area contributed by atoms with Crippen molar-refractivity contribution in [3.8, 4) is 11.3 Å². The molecule has 0 amide bonds. The van der Waals surface area contributed by atoms with Crippen LogP contribution < -0.4 is 10.9 Å². The van der Waals surface area contributed by atoms with Gasteiger partial charge in [-0.15, -0.1) is 0 Å². The molecule has 0 unspecified atom stereocenters. The minimum Gasteiger partial charge on any atom is -0.480 e. The number of nitrogens with zero attached hydrogens (tertiary/aromatic N) is 2. The zero-order valence-corrected chi connectivity index (χ0v) is 16.7. The predicted octanol–water partition coefficient (Wildman–Crippen LogP) is 4.32. The van der Waals surface area contributed by atoms with Gasteiger partial charge in [-0.05, 0) is 18.1 Å². The third-order valence-corrected chi connectivity index (χ3v) is 4.72. The van der Waals surface area contributed by atoms with Gasteiger partial charge in [-0.2, -0.15) is 13.2 Å². The van der Waals surface area contributed by atoms with E-state index in [-0.39, 0.29) is 12.4 Å². The summed E-state index contributed by atoms with van der Waals surface area (Å²) >= 11 is 6.17. The molecule has 10 heteroatoms. The third kappa shape index (κ3) is 5.24. The molecule has 0 aliphatic carbocycles. The smallest absolute Gasteiger partial charge is 0.417 e. The number of carboxylic acid groups (broad SMARTS) is 1. The molecule has 6 nitrogen and oxygen atoms in total. The lowest BCUT2D eigenvalue weighted by Crippen LogP contribution is -2.30. The zero-order valence-electron chi connectivity index (χ0n) is 16.0. The Kier molecular flexibility index (Phi) is 6.65. The fraction of sp³-hybridized carbons (Fsp3) is 0.190. The van der Waals surface area contributed by atoms with E-state index in [2.05, 4.69) is 10.3 Å². The Balaban J connectivity index is 2.05. The number of anilines is 1. The van der Waals surface area contributed by atoms with Crippen LogP contribution in [0.4, 0.5) is 19.0 Å². The van der Waals surface area contributed by atoms with E-state index in [0.717, 1.165) is 17.7 Å². The minimum absolute atomic E-state index is 0.240. The molecule has 0 bridgehead atoms. The molecule has 0 atom stereocenters. The van der Waals surface area contributed by atoms with Gasteiger partial charge in [-0.1, -0.05) is 60.1 Å². The highest BCUT2D eigenvalue weighted by molar-refractivity contribution is 6.32. The summed E-state index contributed by atoms with van der Waals surface area (Å²) in [6.07, 6.45) is -4.20. The van der Waals surface area contributed by atoms with E-state index in [0.29, 0.717) is 11.0 Å². The maximum Gasteiger partial charge on any atom is 0.417 e. The lowest BCUT2D eigenvalue weighted by Gasteiger charge is -2.18. The standard InChI is InChI=1S/C21H17ClF3N3O3/c22-18-17(14-8-4-5-9-15(14)21(23,24)25)28(12-16(29)30)20(31)19(27-18)26-11-10-13-6-2-1-3-7-13/h1-9H,10-12H2,(H,26,27)(H,29,30). The topological polar surface area (TPSA) is 84.2 Å². The molecule has 0 radical (unpaired) electrons. The summed E-state index contributed by atoms with van der Waals surface area (Å²) in [6.45, 7) is -0.593. The average molecular weight is 452 g/mol. The number of rotatable bonds is 7. The summed E-state index contributed by atoms with van der Waals surface area (Å²) in [7, 11) is 0. The van der Waals surface area contributed by atoms with Crippen LogP contribution in [0.15, 0.2) is 59.4 Å². The van der Waals surface area contributed by atoms with Crippen LogP contribution in [0.2, 0.25) is 5.15 Å². The summed E-state index contributed by atoms with van der Waals surface area (Å²) in [5.41, 5.74) is -1.78. The lowest BCUT2D eigenvalue weighted by molar-refractivity contribution is -0.138. The van der Waals surface area contributed by atoms with Crippen molar-refractivity contribution in [2.45, 2.75) is 19.1 Å². The summed E-state index contributed by atoms with van der Waals surface area (Å²) in [5.74, 6) is -1.65. The first-order valence-corrected chi connectivity index (χ1v) is 9.53. The van der Waals surface area contributed by atoms with Crippen molar-refractivity contribution in [2.24, 2.45) is 0 Å². The molecule has 0 aliphatic heterocycles. The first-order chi connectivity index (χ1) is 14.7. The molecule has 162 valence electrons. The molecule has 0 saturated heterocycles. The molecule has 31 heavy (non-hydrogen) atoms. The van der Waals surface area contributed by atoms with Crippen LogP contribution in [0.25, 0.3) is 11.3 Å². The van der Waals surface area contributed by atoms with Gasteiger partial charge in [0.25, 0.3) is 5.56 Å². The Morgan fingerprint density at radius 1 is 1.10 bits per heavy atom. The van der Waals surface area contributed by atoms with Crippen LogP contribution in [0.5, 0.6) is 0 Å². The first-order valence-electron chi connectivity index (χ1n) is 9.15. The second kappa shape index (κ2) is 9.22. The molecule has 2 N–H and O–H groups in total. The second-order valence-corrected chi connectivity index (χ2v) is 6.95. The van der Waals surface area contributed by atoms with Gasteiger partial charge in [0.15, 0.2) is 11.0 Å². The number of aromatic nitrogens is 2. The lowest BCUT2D eigenvalue weighted by atomic mass is 10.0. The van der Waals surface area contributed by atoms with Crippen LogP contribution in [0, 0.1) is 0 Å². The molecule has 3 rings (SSSR count). The number of benzene rings is 2. The average Bonchev–Trinajstić information content (AvgIpc) is 2.71. The molecular weight excluding hydrogens is 435 g/mol. The van der Waals surface area contributed by atoms with E-state index >= 15 is 0 Å². The summed E-state index contributed by atoms with van der Waals surface area (Å²) < 4.78 is 41.2. The van der Waals surface area contributed by atoms with Gasteiger partial charge in [-0.25, -0.2) is 4.98 Å². The number of aliphatic carboxylic acids is 1. The number of hydrogen-bond acceptors (Lipinski definition) is 4. The van der Waals surface area contributed by atoms with Gasteiger partial charge in [-0.3, -0.25) is 14.2 Å². The fourth-order valence-corrected chi connectivity index (χ4v) is 3.39. The maximum atomic E-state index is 13.5. The van der Waals surface area contributed by atoms with Crippen LogP contribution >= 0.6 is 11.6 Å². The van der Waals surface area contributed by atoms with Gasteiger partial charge in [0.05, 0.1) is 11.3 Å². The molecule has 1 aromatic heterocycles. The number of hydrogen-bond donors (Lipinski definition) is 2. The van der Waals surface area contributed by atoms with Gasteiger partial charge < -0.3 is 10.4 Å². The number of nitrogens with one attached hydrogen (secondary N) is 1. The Hall–Kier alpha value is -3.33. The molecule has 2 aromatic carbocycles. The fourth-order valence-electron chi connectivity index (χ4n) is 3.10. The number of carboxylic acids is 1. The van der Waals surface area contributed by atoms with Crippen molar-refractivity contribution in [3.63, 3.8) is 0 Å². The van der Waals surface area contributed by atoms with Crippen LogP contribution in [-0.2, 0) is 23.9 Å². The van der Waals surface area contributed by atoms with Crippen molar-refractivity contribution in [1.29, 1.82) is 0 Å². The summed E-state index contributed by atoms with van der Waals surface area (Å²) in [4.78, 5) is 28.2. The maximum absolute atomic E-state index is 13.5. The van der Waals surface area contributed by atoms with E-state index in [1.807, 2.05) is 30.3 Å². The van der Waals surface area contributed by atoms with Crippen LogP contribution in [0.1, 0.15) is 11.1 Å². The molecule has 0 fully saturated rings. The highest BCUT2D eigenvalue weighted by Crippen LogP contribution is 2.38. The molecular formula is C21H17ClF3N3O3. The van der Waals surface area contributed by atoms with E-state index in [1.165, 1.54) is 12.1 Å². The van der Waals surface area contributed by atoms with E-state index in [1.54, 1.807) is 0 Å². The molecule has 0 spiro atoms. The van der Waals surface area contributed by atoms with Crippen molar-refractivity contribution < 1.29 is 23.1 Å². The van der Waals surface area contributed by atoms with E-state index in [9.17, 15) is 27.9 Å². The number of halogens is 4. The van der Waals surface area contributed by atoms with Crippen molar-refractivity contribution in [2.75, 3.05) is 11.9 Å². The van der Waals surface area contributed by atoms with Crippen LogP contribution in [-0.4, -0.2) is 27.2 Å². The number of carbonyl (C=O) groups is 1. The first kappa shape index (κ1) is 22.4. The Labute approximate surface area is 179 Å². The normalized spacial score (nSPS) is 11.4. The third-order valence-electron chi connectivity index (χ3n) is 4.45. The van der Waals surface area contributed by atoms with Gasteiger partial charge in [0.2, 0.25) is 0 Å². The van der Waals surface area contributed by atoms with E-state index < -0.39 is 46.2 Å². The van der Waals surface area contributed by atoms with Crippen LogP contribution in [0.3, 0.4) is 0 Å². The highest BCUT2D eigenvalue weighted by atomic mass is 35.5. The molecule has 1 heterocycles. The van der Waals surface area contributed by atoms with Gasteiger partial charge in [0.1, 0.15) is 6.54 Å². The quantitative estimate of drug-likeness (QED) is 0.559. The summed E-state index contributed by atoms with van der Waals surface area (Å²) in [5, 5.41) is 11.6. The predicted molar refractivity (Wildman–Crippen MR) is 110 cm³/mol.